The number of carbonyl (C=O) groups is 1. The molecule has 2 rings (SSSR count). The predicted octanol–water partition coefficient (Wildman–Crippen LogP) is 3.25. The zero-order valence-electron chi connectivity index (χ0n) is 9.49. The van der Waals surface area contributed by atoms with Crippen LogP contribution in [0.3, 0.4) is 0 Å². The van der Waals surface area contributed by atoms with E-state index in [1.165, 1.54) is 29.5 Å². The highest BCUT2D eigenvalue weighted by Crippen LogP contribution is 2.36. The molecule has 80 valence electrons. The van der Waals surface area contributed by atoms with Crippen LogP contribution in [0.1, 0.15) is 42.4 Å². The zero-order chi connectivity index (χ0) is 10.8. The molecule has 0 saturated heterocycles. The van der Waals surface area contributed by atoms with E-state index in [-0.39, 0.29) is 5.92 Å². The summed E-state index contributed by atoms with van der Waals surface area (Å²) in [5, 5.41) is 0. The molecule has 0 aromatic heterocycles. The number of rotatable bonds is 2. The van der Waals surface area contributed by atoms with Crippen LogP contribution in [0, 0.1) is 12.8 Å². The minimum atomic E-state index is 0.159. The maximum Gasteiger partial charge on any atom is 0.123 e. The van der Waals surface area contributed by atoms with Crippen LogP contribution < -0.4 is 0 Å². The summed E-state index contributed by atoms with van der Waals surface area (Å²) in [6.07, 6.45) is 4.66. The molecule has 1 aromatic carbocycles. The summed E-state index contributed by atoms with van der Waals surface area (Å²) in [7, 11) is 0. The van der Waals surface area contributed by atoms with Gasteiger partial charge in [-0.05, 0) is 43.2 Å². The summed E-state index contributed by atoms with van der Waals surface area (Å²) in [4.78, 5) is 10.9. The lowest BCUT2D eigenvalue weighted by Crippen LogP contribution is -2.17. The lowest BCUT2D eigenvalue weighted by molar-refractivity contribution is -0.111. The van der Waals surface area contributed by atoms with Crippen molar-refractivity contribution in [2.45, 2.75) is 39.0 Å². The molecule has 1 aliphatic carbocycles. The maximum atomic E-state index is 10.9. The van der Waals surface area contributed by atoms with Gasteiger partial charge in [0.25, 0.3) is 0 Å². The lowest BCUT2D eigenvalue weighted by Gasteiger charge is -2.28. The van der Waals surface area contributed by atoms with Crippen molar-refractivity contribution >= 4 is 6.29 Å². The van der Waals surface area contributed by atoms with Crippen molar-refractivity contribution < 1.29 is 4.79 Å². The quantitative estimate of drug-likeness (QED) is 0.673. The van der Waals surface area contributed by atoms with Crippen molar-refractivity contribution in [1.29, 1.82) is 0 Å². The van der Waals surface area contributed by atoms with Crippen molar-refractivity contribution in [3.05, 3.63) is 34.9 Å². The standard InChI is InChI=1S/C14H18O/c1-10-6-7-14-12(8-10)4-3-5-13(14)11(2)9-15/h6-9,11,13H,3-5H2,1-2H3. The molecule has 15 heavy (non-hydrogen) atoms. The average molecular weight is 202 g/mol. The molecule has 2 unspecified atom stereocenters. The molecule has 1 heteroatoms. The number of hydrogen-bond acceptors (Lipinski definition) is 1. The molecule has 0 radical (unpaired) electrons. The normalized spacial score (nSPS) is 21.9. The first-order chi connectivity index (χ1) is 7.22. The van der Waals surface area contributed by atoms with Gasteiger partial charge in [0, 0.05) is 5.92 Å². The summed E-state index contributed by atoms with van der Waals surface area (Å²) in [6.45, 7) is 4.17. The van der Waals surface area contributed by atoms with Gasteiger partial charge >= 0.3 is 0 Å². The van der Waals surface area contributed by atoms with E-state index >= 15 is 0 Å². The molecule has 1 aliphatic rings. The third-order valence-electron chi connectivity index (χ3n) is 3.51. The Balaban J connectivity index is 2.38. The maximum absolute atomic E-state index is 10.9. The molecule has 0 spiro atoms. The molecule has 0 saturated carbocycles. The van der Waals surface area contributed by atoms with Gasteiger partial charge in [0.2, 0.25) is 0 Å². The van der Waals surface area contributed by atoms with Crippen LogP contribution in [0.4, 0.5) is 0 Å². The lowest BCUT2D eigenvalue weighted by atomic mass is 9.76. The van der Waals surface area contributed by atoms with Crippen LogP contribution in [0.25, 0.3) is 0 Å². The van der Waals surface area contributed by atoms with Gasteiger partial charge in [0.1, 0.15) is 6.29 Å². The molecule has 0 fully saturated rings. The Morgan fingerprint density at radius 2 is 2.27 bits per heavy atom. The van der Waals surface area contributed by atoms with Gasteiger partial charge in [-0.25, -0.2) is 0 Å². The van der Waals surface area contributed by atoms with Gasteiger partial charge in [0.15, 0.2) is 0 Å². The van der Waals surface area contributed by atoms with Crippen LogP contribution in [-0.2, 0) is 11.2 Å². The van der Waals surface area contributed by atoms with Crippen molar-refractivity contribution in [3.63, 3.8) is 0 Å². The van der Waals surface area contributed by atoms with Gasteiger partial charge < -0.3 is 4.79 Å². The summed E-state index contributed by atoms with van der Waals surface area (Å²) < 4.78 is 0. The number of aryl methyl sites for hydroxylation is 2. The molecule has 0 bridgehead atoms. The van der Waals surface area contributed by atoms with Gasteiger partial charge in [-0.1, -0.05) is 30.7 Å². The molecule has 1 aromatic rings. The Kier molecular flexibility index (Phi) is 2.90. The van der Waals surface area contributed by atoms with E-state index in [4.69, 9.17) is 0 Å². The number of benzene rings is 1. The predicted molar refractivity (Wildman–Crippen MR) is 62.1 cm³/mol. The van der Waals surface area contributed by atoms with Gasteiger partial charge in [-0.3, -0.25) is 0 Å². The van der Waals surface area contributed by atoms with E-state index < -0.39 is 0 Å². The Hall–Kier alpha value is -1.11. The van der Waals surface area contributed by atoms with Gasteiger partial charge in [-0.2, -0.15) is 0 Å². The third-order valence-corrected chi connectivity index (χ3v) is 3.51. The minimum absolute atomic E-state index is 0.159. The molecule has 1 nitrogen and oxygen atoms in total. The number of fused-ring (bicyclic) bond motifs is 1. The Labute approximate surface area is 91.5 Å². The highest BCUT2D eigenvalue weighted by Gasteiger charge is 2.24. The second-order valence-electron chi connectivity index (χ2n) is 4.70. The van der Waals surface area contributed by atoms with E-state index in [0.717, 1.165) is 12.7 Å². The zero-order valence-corrected chi connectivity index (χ0v) is 9.49. The summed E-state index contributed by atoms with van der Waals surface area (Å²) in [5.74, 6) is 0.610. The molecule has 0 N–H and O–H groups in total. The van der Waals surface area contributed by atoms with Crippen LogP contribution in [-0.4, -0.2) is 6.29 Å². The summed E-state index contributed by atoms with van der Waals surface area (Å²) >= 11 is 0. The van der Waals surface area contributed by atoms with Crippen LogP contribution in [0.5, 0.6) is 0 Å². The smallest absolute Gasteiger partial charge is 0.123 e. The van der Waals surface area contributed by atoms with E-state index in [1.807, 2.05) is 6.92 Å². The first-order valence-corrected chi connectivity index (χ1v) is 5.77. The molecule has 0 amide bonds. The van der Waals surface area contributed by atoms with Crippen LogP contribution in [0.15, 0.2) is 18.2 Å². The number of carbonyl (C=O) groups excluding carboxylic acids is 1. The average Bonchev–Trinajstić information content (AvgIpc) is 2.26. The molecule has 0 heterocycles. The number of aldehydes is 1. The molecular weight excluding hydrogens is 184 g/mol. The van der Waals surface area contributed by atoms with Crippen LogP contribution >= 0.6 is 0 Å². The van der Waals surface area contributed by atoms with Gasteiger partial charge in [0.05, 0.1) is 0 Å². The fourth-order valence-electron chi connectivity index (χ4n) is 2.62. The first-order valence-electron chi connectivity index (χ1n) is 5.77. The van der Waals surface area contributed by atoms with Crippen molar-refractivity contribution in [1.82, 2.24) is 0 Å². The fourth-order valence-corrected chi connectivity index (χ4v) is 2.62. The van der Waals surface area contributed by atoms with Crippen LogP contribution in [0.2, 0.25) is 0 Å². The fraction of sp³-hybridized carbons (Fsp3) is 0.500. The Bertz CT molecular complexity index is 368. The van der Waals surface area contributed by atoms with E-state index in [2.05, 4.69) is 25.1 Å². The molecular formula is C14H18O. The van der Waals surface area contributed by atoms with Crippen molar-refractivity contribution in [3.8, 4) is 0 Å². The second kappa shape index (κ2) is 4.18. The first kappa shape index (κ1) is 10.4. The number of hydrogen-bond donors (Lipinski definition) is 0. The topological polar surface area (TPSA) is 17.1 Å². The van der Waals surface area contributed by atoms with E-state index in [9.17, 15) is 4.79 Å². The summed E-state index contributed by atoms with van der Waals surface area (Å²) in [6, 6.07) is 6.65. The second-order valence-corrected chi connectivity index (χ2v) is 4.70. The SMILES string of the molecule is Cc1ccc2c(c1)CCCC2C(C)C=O. The molecule has 2 atom stereocenters. The van der Waals surface area contributed by atoms with Gasteiger partial charge in [-0.15, -0.1) is 0 Å². The Morgan fingerprint density at radius 3 is 3.00 bits per heavy atom. The van der Waals surface area contributed by atoms with E-state index in [0.29, 0.717) is 5.92 Å². The third kappa shape index (κ3) is 1.97. The van der Waals surface area contributed by atoms with Crippen molar-refractivity contribution in [2.24, 2.45) is 5.92 Å². The van der Waals surface area contributed by atoms with E-state index in [1.54, 1.807) is 0 Å². The highest BCUT2D eigenvalue weighted by molar-refractivity contribution is 5.56. The highest BCUT2D eigenvalue weighted by atomic mass is 16.1. The largest absolute Gasteiger partial charge is 0.303 e. The summed E-state index contributed by atoms with van der Waals surface area (Å²) in [5.41, 5.74) is 4.19. The monoisotopic (exact) mass is 202 g/mol. The molecule has 0 aliphatic heterocycles. The Morgan fingerprint density at radius 1 is 1.47 bits per heavy atom. The van der Waals surface area contributed by atoms with Crippen molar-refractivity contribution in [2.75, 3.05) is 0 Å². The minimum Gasteiger partial charge on any atom is -0.303 e.